The van der Waals surface area contributed by atoms with Gasteiger partial charge in [0.15, 0.2) is 5.60 Å². The van der Waals surface area contributed by atoms with Crippen LogP contribution in [0, 0.1) is 0 Å². The number of carbonyl (C=O) groups excluding carboxylic acids is 2. The molecule has 16 heavy (non-hydrogen) atoms. The van der Waals surface area contributed by atoms with E-state index in [2.05, 4.69) is 4.74 Å². The number of nitrogens with two attached hydrogens (primary N) is 1. The summed E-state index contributed by atoms with van der Waals surface area (Å²) in [6.07, 6.45) is 2.24. The van der Waals surface area contributed by atoms with Gasteiger partial charge in [0.25, 0.3) is 0 Å². The zero-order valence-electron chi connectivity index (χ0n) is 9.57. The summed E-state index contributed by atoms with van der Waals surface area (Å²) in [5.74, 6) is 0.425. The third kappa shape index (κ3) is 2.85. The number of allylic oxidation sites excluding steroid dienone is 1. The molecule has 0 unspecified atom stereocenters. The Hall–Kier alpha value is -1.78. The Morgan fingerprint density at radius 2 is 2.25 bits per heavy atom. The first-order valence-corrected chi connectivity index (χ1v) is 4.87. The summed E-state index contributed by atoms with van der Waals surface area (Å²) in [7, 11) is 0. The molecule has 1 heterocycles. The Morgan fingerprint density at radius 1 is 1.62 bits per heavy atom. The third-order valence-electron chi connectivity index (χ3n) is 2.22. The summed E-state index contributed by atoms with van der Waals surface area (Å²) in [6, 6.07) is 0. The molecule has 0 saturated heterocycles. The Kier molecular flexibility index (Phi) is 3.37. The van der Waals surface area contributed by atoms with E-state index in [9.17, 15) is 9.59 Å². The highest BCUT2D eigenvalue weighted by atomic mass is 16.5. The van der Waals surface area contributed by atoms with Crippen molar-refractivity contribution in [1.82, 2.24) is 0 Å². The Bertz CT molecular complexity index is 379. The van der Waals surface area contributed by atoms with Crippen LogP contribution in [0.4, 0.5) is 4.79 Å². The molecule has 0 radical (unpaired) electrons. The van der Waals surface area contributed by atoms with Gasteiger partial charge in [-0.1, -0.05) is 0 Å². The normalized spacial score (nSPS) is 19.1. The summed E-state index contributed by atoms with van der Waals surface area (Å²) in [5, 5.41) is 0. The molecular formula is C11H15NO4. The molecule has 0 spiro atoms. The molecule has 0 fully saturated rings. The number of ether oxygens (including phenoxy) is 2. The molecule has 5 heteroatoms. The average Bonchev–Trinajstić information content (AvgIpc) is 2.41. The van der Waals surface area contributed by atoms with Crippen LogP contribution in [-0.4, -0.2) is 24.1 Å². The van der Waals surface area contributed by atoms with Crippen LogP contribution in [0.1, 0.15) is 20.8 Å². The summed E-state index contributed by atoms with van der Waals surface area (Å²) in [4.78, 5) is 21.8. The van der Waals surface area contributed by atoms with Gasteiger partial charge in [-0.2, -0.15) is 0 Å². The quantitative estimate of drug-likeness (QED) is 0.784. The Labute approximate surface area is 93.9 Å². The number of primary amides is 1. The highest BCUT2D eigenvalue weighted by molar-refractivity contribution is 5.99. The van der Waals surface area contributed by atoms with Crippen LogP contribution in [-0.2, 0) is 14.3 Å². The van der Waals surface area contributed by atoms with Gasteiger partial charge in [-0.3, -0.25) is 4.79 Å². The van der Waals surface area contributed by atoms with Gasteiger partial charge in [0.2, 0.25) is 5.78 Å². The number of hydrogen-bond donors (Lipinski definition) is 1. The molecule has 0 aromatic heterocycles. The van der Waals surface area contributed by atoms with Crippen LogP contribution in [0.3, 0.4) is 0 Å². The topological polar surface area (TPSA) is 78.6 Å². The zero-order chi connectivity index (χ0) is 12.3. The monoisotopic (exact) mass is 225 g/mol. The van der Waals surface area contributed by atoms with Gasteiger partial charge in [0, 0.05) is 6.08 Å². The second-order valence-electron chi connectivity index (χ2n) is 4.00. The maximum absolute atomic E-state index is 11.5. The van der Waals surface area contributed by atoms with Gasteiger partial charge in [-0.25, -0.2) is 4.79 Å². The Balaban J connectivity index is 2.63. The minimum absolute atomic E-state index is 0.0660. The van der Waals surface area contributed by atoms with Gasteiger partial charge in [-0.15, -0.1) is 0 Å². The summed E-state index contributed by atoms with van der Waals surface area (Å²) >= 11 is 0. The van der Waals surface area contributed by atoms with Crippen LogP contribution >= 0.6 is 0 Å². The highest BCUT2D eigenvalue weighted by Gasteiger charge is 2.35. The molecule has 1 aliphatic heterocycles. The minimum atomic E-state index is -0.832. The van der Waals surface area contributed by atoms with Gasteiger partial charge in [-0.05, 0) is 32.4 Å². The minimum Gasteiger partial charge on any atom is -0.479 e. The molecule has 0 saturated carbocycles. The van der Waals surface area contributed by atoms with Crippen molar-refractivity contribution in [2.45, 2.75) is 26.4 Å². The van der Waals surface area contributed by atoms with Crippen molar-refractivity contribution in [3.63, 3.8) is 0 Å². The molecule has 0 aliphatic carbocycles. The summed E-state index contributed by atoms with van der Waals surface area (Å²) < 4.78 is 10.00. The van der Waals surface area contributed by atoms with Crippen molar-refractivity contribution in [3.05, 3.63) is 23.5 Å². The molecule has 2 N–H and O–H groups in total. The maximum Gasteiger partial charge on any atom is 0.404 e. The predicted molar refractivity (Wildman–Crippen MR) is 57.5 cm³/mol. The molecular weight excluding hydrogens is 210 g/mol. The molecule has 1 amide bonds. The molecule has 0 aromatic carbocycles. The smallest absolute Gasteiger partial charge is 0.404 e. The lowest BCUT2D eigenvalue weighted by Crippen LogP contribution is -2.27. The van der Waals surface area contributed by atoms with Crippen molar-refractivity contribution in [2.24, 2.45) is 5.73 Å². The van der Waals surface area contributed by atoms with E-state index in [0.717, 1.165) is 5.57 Å². The second kappa shape index (κ2) is 4.38. The van der Waals surface area contributed by atoms with E-state index in [1.807, 2.05) is 0 Å². The van der Waals surface area contributed by atoms with E-state index in [0.29, 0.717) is 5.76 Å². The van der Waals surface area contributed by atoms with Gasteiger partial charge < -0.3 is 15.2 Å². The number of hydrogen-bond acceptors (Lipinski definition) is 4. The van der Waals surface area contributed by atoms with E-state index in [1.54, 1.807) is 26.8 Å². The third-order valence-corrected chi connectivity index (χ3v) is 2.22. The SMILES string of the molecule is C/C(=C\COC(N)=O)C1=CC(=O)C(C)(C)O1. The van der Waals surface area contributed by atoms with Crippen molar-refractivity contribution < 1.29 is 19.1 Å². The first-order chi connectivity index (χ1) is 7.33. The molecule has 5 nitrogen and oxygen atoms in total. The molecule has 0 aromatic rings. The second-order valence-corrected chi connectivity index (χ2v) is 4.00. The maximum atomic E-state index is 11.5. The average molecular weight is 225 g/mol. The van der Waals surface area contributed by atoms with Crippen LogP contribution in [0.5, 0.6) is 0 Å². The van der Waals surface area contributed by atoms with E-state index in [1.165, 1.54) is 6.08 Å². The number of rotatable bonds is 3. The van der Waals surface area contributed by atoms with E-state index in [4.69, 9.17) is 10.5 Å². The number of ketones is 1. The lowest BCUT2D eigenvalue weighted by atomic mass is 10.1. The fourth-order valence-electron chi connectivity index (χ4n) is 1.19. The van der Waals surface area contributed by atoms with Crippen LogP contribution in [0.15, 0.2) is 23.5 Å². The van der Waals surface area contributed by atoms with Gasteiger partial charge in [0.05, 0.1) is 0 Å². The fourth-order valence-corrected chi connectivity index (χ4v) is 1.19. The number of amides is 1. The van der Waals surface area contributed by atoms with E-state index >= 15 is 0 Å². The van der Waals surface area contributed by atoms with E-state index in [-0.39, 0.29) is 12.4 Å². The molecule has 1 rings (SSSR count). The molecule has 0 atom stereocenters. The van der Waals surface area contributed by atoms with Gasteiger partial charge in [0.1, 0.15) is 12.4 Å². The van der Waals surface area contributed by atoms with Crippen molar-refractivity contribution in [1.29, 1.82) is 0 Å². The first-order valence-electron chi connectivity index (χ1n) is 4.87. The molecule has 0 bridgehead atoms. The first kappa shape index (κ1) is 12.3. The standard InChI is InChI=1S/C11H15NO4/c1-7(4-5-15-10(12)14)8-6-9(13)11(2,3)16-8/h4,6H,5H2,1-3H3,(H2,12,14)/b7-4+. The van der Waals surface area contributed by atoms with Crippen LogP contribution in [0.25, 0.3) is 0 Å². The lowest BCUT2D eigenvalue weighted by Gasteiger charge is -2.18. The molecule has 1 aliphatic rings. The zero-order valence-corrected chi connectivity index (χ0v) is 9.57. The number of carbonyl (C=O) groups is 2. The largest absolute Gasteiger partial charge is 0.479 e. The summed E-state index contributed by atoms with van der Waals surface area (Å²) in [6.45, 7) is 5.24. The van der Waals surface area contributed by atoms with Crippen molar-refractivity contribution in [2.75, 3.05) is 6.61 Å². The Morgan fingerprint density at radius 3 is 2.69 bits per heavy atom. The fraction of sp³-hybridized carbons (Fsp3) is 0.455. The van der Waals surface area contributed by atoms with E-state index < -0.39 is 11.7 Å². The van der Waals surface area contributed by atoms with Crippen LogP contribution in [0.2, 0.25) is 0 Å². The van der Waals surface area contributed by atoms with Crippen molar-refractivity contribution >= 4 is 11.9 Å². The summed E-state index contributed by atoms with van der Waals surface area (Å²) in [5.41, 5.74) is 4.73. The van der Waals surface area contributed by atoms with Gasteiger partial charge >= 0.3 is 6.09 Å². The lowest BCUT2D eigenvalue weighted by molar-refractivity contribution is -0.126. The highest BCUT2D eigenvalue weighted by Crippen LogP contribution is 2.28. The van der Waals surface area contributed by atoms with Crippen LogP contribution < -0.4 is 5.73 Å². The molecule has 88 valence electrons. The van der Waals surface area contributed by atoms with Crippen molar-refractivity contribution in [3.8, 4) is 0 Å². The predicted octanol–water partition coefficient (Wildman–Crippen LogP) is 1.29.